The molecule has 130 valence electrons. The van der Waals surface area contributed by atoms with Crippen LogP contribution in [0.2, 0.25) is 4.34 Å². The van der Waals surface area contributed by atoms with E-state index in [-0.39, 0.29) is 24.4 Å². The molecule has 3 rings (SSSR count). The third-order valence-electron chi connectivity index (χ3n) is 3.67. The number of nitrogens with zero attached hydrogens (tertiary/aromatic N) is 2. The molecular formula is C14H13ClF3N3O2S. The number of nitrogens with one attached hydrogen (secondary N) is 1. The number of thiophene rings is 1. The second-order valence-electron chi connectivity index (χ2n) is 5.20. The van der Waals surface area contributed by atoms with Crippen molar-refractivity contribution in [2.75, 3.05) is 11.9 Å². The zero-order valence-electron chi connectivity index (χ0n) is 12.4. The van der Waals surface area contributed by atoms with Crippen molar-refractivity contribution in [2.24, 2.45) is 0 Å². The number of hydrogen-bond acceptors (Lipinski definition) is 5. The van der Waals surface area contributed by atoms with Crippen molar-refractivity contribution in [3.8, 4) is 0 Å². The molecule has 10 heteroatoms. The van der Waals surface area contributed by atoms with Gasteiger partial charge in [-0.2, -0.15) is 18.3 Å². The molecule has 1 N–H and O–H groups in total. The summed E-state index contributed by atoms with van der Waals surface area (Å²) in [6.07, 6.45) is -3.63. The number of aromatic nitrogens is 2. The lowest BCUT2D eigenvalue weighted by molar-refractivity contribution is -0.173. The number of esters is 1. The van der Waals surface area contributed by atoms with Gasteiger partial charge in [-0.25, -0.2) is 9.48 Å². The number of halogens is 4. The van der Waals surface area contributed by atoms with E-state index in [9.17, 15) is 18.0 Å². The maximum Gasteiger partial charge on any atom is 0.410 e. The highest BCUT2D eigenvalue weighted by Crippen LogP contribution is 2.45. The van der Waals surface area contributed by atoms with Gasteiger partial charge < -0.3 is 10.1 Å². The van der Waals surface area contributed by atoms with Gasteiger partial charge >= 0.3 is 12.1 Å². The average molecular weight is 380 g/mol. The van der Waals surface area contributed by atoms with Crippen LogP contribution < -0.4 is 5.32 Å². The van der Waals surface area contributed by atoms with Crippen molar-refractivity contribution in [3.63, 3.8) is 0 Å². The predicted octanol–water partition coefficient (Wildman–Crippen LogP) is 4.44. The number of rotatable bonds is 3. The van der Waals surface area contributed by atoms with E-state index in [1.165, 1.54) is 11.3 Å². The number of alkyl halides is 3. The Labute approximate surface area is 144 Å². The molecular weight excluding hydrogens is 367 g/mol. The van der Waals surface area contributed by atoms with Gasteiger partial charge in [0.05, 0.1) is 23.2 Å². The second kappa shape index (κ2) is 6.29. The summed E-state index contributed by atoms with van der Waals surface area (Å²) in [5, 5.41) is 6.72. The first-order chi connectivity index (χ1) is 11.3. The van der Waals surface area contributed by atoms with E-state index in [0.717, 1.165) is 10.9 Å². The number of ether oxygens (including phenoxy) is 1. The standard InChI is InChI=1S/C14H13ClF3N3O2S/c1-2-23-13(22)7-6-19-21-10(14(16,17)18)5-8(20-12(7)21)9-3-4-11(15)24-9/h3-4,6,8,10,20H,2,5H2,1H3/t8-,10-/m1/s1. The van der Waals surface area contributed by atoms with Crippen LogP contribution in [-0.2, 0) is 4.74 Å². The van der Waals surface area contributed by atoms with Crippen LogP contribution in [0.1, 0.15) is 40.7 Å². The van der Waals surface area contributed by atoms with Gasteiger partial charge in [0, 0.05) is 11.3 Å². The Morgan fingerprint density at radius 1 is 1.54 bits per heavy atom. The van der Waals surface area contributed by atoms with Gasteiger partial charge in [0.2, 0.25) is 0 Å². The van der Waals surface area contributed by atoms with Gasteiger partial charge in [0.1, 0.15) is 11.4 Å². The fourth-order valence-electron chi connectivity index (χ4n) is 2.62. The molecule has 1 aliphatic rings. The molecule has 0 amide bonds. The third kappa shape index (κ3) is 3.10. The summed E-state index contributed by atoms with van der Waals surface area (Å²) >= 11 is 7.08. The van der Waals surface area contributed by atoms with Crippen LogP contribution in [0.15, 0.2) is 18.3 Å². The normalized spacial score (nSPS) is 20.4. The van der Waals surface area contributed by atoms with E-state index in [2.05, 4.69) is 10.4 Å². The molecule has 3 heterocycles. The van der Waals surface area contributed by atoms with Gasteiger partial charge in [0.15, 0.2) is 6.04 Å². The van der Waals surface area contributed by atoms with E-state index in [1.807, 2.05) is 0 Å². The van der Waals surface area contributed by atoms with Crippen LogP contribution in [0.25, 0.3) is 0 Å². The van der Waals surface area contributed by atoms with E-state index < -0.39 is 24.2 Å². The van der Waals surface area contributed by atoms with Crippen LogP contribution in [-0.4, -0.2) is 28.5 Å². The Morgan fingerprint density at radius 2 is 2.29 bits per heavy atom. The second-order valence-corrected chi connectivity index (χ2v) is 6.95. The summed E-state index contributed by atoms with van der Waals surface area (Å²) in [5.74, 6) is -0.700. The lowest BCUT2D eigenvalue weighted by Gasteiger charge is -2.33. The van der Waals surface area contributed by atoms with Crippen LogP contribution >= 0.6 is 22.9 Å². The van der Waals surface area contributed by atoms with Crippen molar-refractivity contribution >= 4 is 34.7 Å². The smallest absolute Gasteiger partial charge is 0.410 e. The van der Waals surface area contributed by atoms with E-state index >= 15 is 0 Å². The van der Waals surface area contributed by atoms with E-state index in [0.29, 0.717) is 9.21 Å². The Bertz CT molecular complexity index is 759. The molecule has 0 spiro atoms. The number of hydrogen-bond donors (Lipinski definition) is 1. The molecule has 2 aromatic rings. The largest absolute Gasteiger partial charge is 0.462 e. The van der Waals surface area contributed by atoms with Crippen LogP contribution in [0, 0.1) is 0 Å². The molecule has 0 saturated heterocycles. The molecule has 2 aromatic heterocycles. The molecule has 2 atom stereocenters. The Morgan fingerprint density at radius 3 is 2.88 bits per heavy atom. The number of carbonyl (C=O) groups excluding carboxylic acids is 1. The molecule has 24 heavy (non-hydrogen) atoms. The molecule has 0 fully saturated rings. The van der Waals surface area contributed by atoms with Crippen LogP contribution in [0.4, 0.5) is 19.0 Å². The maximum atomic E-state index is 13.4. The van der Waals surface area contributed by atoms with Gasteiger partial charge in [-0.05, 0) is 19.1 Å². The number of anilines is 1. The minimum absolute atomic E-state index is 0.0107. The zero-order chi connectivity index (χ0) is 17.5. The first-order valence-electron chi connectivity index (χ1n) is 7.14. The zero-order valence-corrected chi connectivity index (χ0v) is 14.0. The summed E-state index contributed by atoms with van der Waals surface area (Å²) in [6.45, 7) is 1.74. The summed E-state index contributed by atoms with van der Waals surface area (Å²) in [6, 6.07) is 0.854. The molecule has 0 aliphatic carbocycles. The molecule has 5 nitrogen and oxygen atoms in total. The Hall–Kier alpha value is -1.74. The highest BCUT2D eigenvalue weighted by Gasteiger charge is 2.47. The molecule has 0 bridgehead atoms. The van der Waals surface area contributed by atoms with Crippen LogP contribution in [0.5, 0.6) is 0 Å². The maximum absolute atomic E-state index is 13.4. The molecule has 0 radical (unpaired) electrons. The molecule has 0 unspecified atom stereocenters. The number of carbonyl (C=O) groups is 1. The molecule has 0 aromatic carbocycles. The predicted molar refractivity (Wildman–Crippen MR) is 83.6 cm³/mol. The summed E-state index contributed by atoms with van der Waals surface area (Å²) in [5.41, 5.74) is -0.0153. The summed E-state index contributed by atoms with van der Waals surface area (Å²) in [4.78, 5) is 12.6. The quantitative estimate of drug-likeness (QED) is 0.801. The minimum atomic E-state index is -4.49. The topological polar surface area (TPSA) is 56.1 Å². The monoisotopic (exact) mass is 379 g/mol. The number of fused-ring (bicyclic) bond motifs is 1. The van der Waals surface area contributed by atoms with Crippen molar-refractivity contribution in [3.05, 3.63) is 33.1 Å². The summed E-state index contributed by atoms with van der Waals surface area (Å²) in [7, 11) is 0. The minimum Gasteiger partial charge on any atom is -0.462 e. The lowest BCUT2D eigenvalue weighted by atomic mass is 10.0. The first kappa shape index (κ1) is 17.1. The first-order valence-corrected chi connectivity index (χ1v) is 8.33. The fourth-order valence-corrected chi connectivity index (χ4v) is 3.75. The van der Waals surface area contributed by atoms with Crippen LogP contribution in [0.3, 0.4) is 0 Å². The highest BCUT2D eigenvalue weighted by molar-refractivity contribution is 7.16. The fraction of sp³-hybridized carbons (Fsp3) is 0.429. The van der Waals surface area contributed by atoms with Gasteiger partial charge in [0.25, 0.3) is 0 Å². The van der Waals surface area contributed by atoms with Crippen molar-refractivity contribution in [1.82, 2.24) is 9.78 Å². The lowest BCUT2D eigenvalue weighted by Crippen LogP contribution is -2.36. The SMILES string of the molecule is CCOC(=O)c1cnn2c1N[C@@H](c1ccc(Cl)s1)C[C@@H]2C(F)(F)F. The molecule has 1 aliphatic heterocycles. The van der Waals surface area contributed by atoms with Gasteiger partial charge in [-0.1, -0.05) is 11.6 Å². The van der Waals surface area contributed by atoms with E-state index in [4.69, 9.17) is 16.3 Å². The van der Waals surface area contributed by atoms with Crippen molar-refractivity contribution < 1.29 is 22.7 Å². The average Bonchev–Trinajstić information content (AvgIpc) is 3.11. The highest BCUT2D eigenvalue weighted by atomic mass is 35.5. The Balaban J connectivity index is 2.02. The van der Waals surface area contributed by atoms with E-state index in [1.54, 1.807) is 19.1 Å². The van der Waals surface area contributed by atoms with Crippen molar-refractivity contribution in [2.45, 2.75) is 31.6 Å². The summed E-state index contributed by atoms with van der Waals surface area (Å²) < 4.78 is 46.5. The Kier molecular flexibility index (Phi) is 4.48. The third-order valence-corrected chi connectivity index (χ3v) is 5.02. The van der Waals surface area contributed by atoms with Crippen molar-refractivity contribution in [1.29, 1.82) is 0 Å². The van der Waals surface area contributed by atoms with Gasteiger partial charge in [-0.15, -0.1) is 11.3 Å². The molecule has 0 saturated carbocycles. The van der Waals surface area contributed by atoms with Gasteiger partial charge in [-0.3, -0.25) is 0 Å².